The zero-order valence-corrected chi connectivity index (χ0v) is 18.0. The molecule has 12 heteroatoms. The molecule has 1 fully saturated rings. The molecule has 1 aromatic heterocycles. The van der Waals surface area contributed by atoms with E-state index in [1.165, 1.54) is 17.9 Å². The van der Waals surface area contributed by atoms with Crippen LogP contribution >= 0.6 is 6.72 Å². The minimum atomic E-state index is -3.52. The van der Waals surface area contributed by atoms with Crippen LogP contribution in [0.25, 0.3) is 0 Å². The average Bonchev–Trinajstić information content (AvgIpc) is 2.95. The highest BCUT2D eigenvalue weighted by atomic mass is 32.5. The van der Waals surface area contributed by atoms with E-state index in [2.05, 4.69) is 4.98 Å². The predicted molar refractivity (Wildman–Crippen MR) is 105 cm³/mol. The quantitative estimate of drug-likeness (QED) is 0.404. The zero-order chi connectivity index (χ0) is 20.9. The fourth-order valence-electron chi connectivity index (χ4n) is 2.96. The highest BCUT2D eigenvalue weighted by Crippen LogP contribution is 2.49. The molecule has 2 rings (SSSR count). The third-order valence-electron chi connectivity index (χ3n) is 4.25. The molecule has 0 spiro atoms. The second-order valence-corrected chi connectivity index (χ2v) is 9.03. The summed E-state index contributed by atoms with van der Waals surface area (Å²) >= 11 is 5.06. The number of rotatable bonds is 10. The standard InChI is InChI=1S/C16H27N2O8PS/c1-5-11-12(26-27(21,28)24-6-2)13(23-8-7-22-4)15(25-11)18-9-10(3)14(19)17-16(18)20/h9,11-13,15H,5-8H2,1-4H3,(H,21,28)(H,17,19,20)/t11-,12?,13+,15-,27?/m1/s1. The predicted octanol–water partition coefficient (Wildman–Crippen LogP) is 0.823. The highest BCUT2D eigenvalue weighted by molar-refractivity contribution is 8.07. The largest absolute Gasteiger partial charge is 0.382 e. The summed E-state index contributed by atoms with van der Waals surface area (Å²) in [5.41, 5.74) is -0.763. The van der Waals surface area contributed by atoms with Crippen molar-refractivity contribution in [1.29, 1.82) is 0 Å². The number of aryl methyl sites for hydroxylation is 1. The van der Waals surface area contributed by atoms with Crippen molar-refractivity contribution < 1.29 is 28.2 Å². The third kappa shape index (κ3) is 5.58. The number of nitrogens with one attached hydrogen (secondary N) is 1. The Morgan fingerprint density at radius 3 is 2.64 bits per heavy atom. The lowest BCUT2D eigenvalue weighted by Gasteiger charge is -2.27. The molecule has 28 heavy (non-hydrogen) atoms. The van der Waals surface area contributed by atoms with Crippen LogP contribution < -0.4 is 11.2 Å². The summed E-state index contributed by atoms with van der Waals surface area (Å²) in [6.07, 6.45) is -1.01. The molecule has 10 nitrogen and oxygen atoms in total. The van der Waals surface area contributed by atoms with E-state index in [9.17, 15) is 14.5 Å². The van der Waals surface area contributed by atoms with Gasteiger partial charge in [-0.3, -0.25) is 18.9 Å². The van der Waals surface area contributed by atoms with Crippen molar-refractivity contribution in [3.63, 3.8) is 0 Å². The molecule has 0 aliphatic carbocycles. The van der Waals surface area contributed by atoms with Crippen LogP contribution in [0, 0.1) is 6.92 Å². The maximum Gasteiger partial charge on any atom is 0.330 e. The van der Waals surface area contributed by atoms with Crippen molar-refractivity contribution >= 4 is 18.5 Å². The van der Waals surface area contributed by atoms with Crippen molar-refractivity contribution in [2.24, 2.45) is 0 Å². The van der Waals surface area contributed by atoms with Crippen LogP contribution in [-0.4, -0.2) is 59.7 Å². The second kappa shape index (κ2) is 10.2. The molecule has 2 N–H and O–H groups in total. The molecule has 1 aliphatic rings. The molecule has 0 amide bonds. The molecule has 0 radical (unpaired) electrons. The van der Waals surface area contributed by atoms with Crippen LogP contribution in [0.4, 0.5) is 0 Å². The van der Waals surface area contributed by atoms with E-state index in [0.717, 1.165) is 0 Å². The van der Waals surface area contributed by atoms with Crippen molar-refractivity contribution in [3.05, 3.63) is 32.6 Å². The molecule has 0 bridgehead atoms. The van der Waals surface area contributed by atoms with Crippen molar-refractivity contribution in [1.82, 2.24) is 9.55 Å². The molecular formula is C16H27N2O8PS. The first-order valence-electron chi connectivity index (χ1n) is 8.97. The number of H-pyrrole nitrogens is 1. The summed E-state index contributed by atoms with van der Waals surface area (Å²) in [5, 5.41) is 0. The number of nitrogens with zero attached hydrogens (tertiary/aromatic N) is 1. The Balaban J connectivity index is 2.41. The average molecular weight is 438 g/mol. The first-order valence-corrected chi connectivity index (χ1v) is 11.6. The lowest BCUT2D eigenvalue weighted by Crippen LogP contribution is -2.41. The van der Waals surface area contributed by atoms with Crippen LogP contribution in [0.15, 0.2) is 15.8 Å². The Bertz CT molecular complexity index is 813. The van der Waals surface area contributed by atoms with E-state index in [4.69, 9.17) is 35.1 Å². The molecule has 160 valence electrons. The molecular weight excluding hydrogens is 411 g/mol. The van der Waals surface area contributed by atoms with E-state index in [1.807, 2.05) is 6.92 Å². The van der Waals surface area contributed by atoms with Gasteiger partial charge in [-0.25, -0.2) is 4.79 Å². The SMILES string of the molecule is CCOP(O)(=S)OC1[C@@H](CC)O[C@@H](n2cc(C)c(=O)[nH]c2=O)[C@H]1OCCOC. The summed E-state index contributed by atoms with van der Waals surface area (Å²) in [6.45, 7) is 2.34. The van der Waals surface area contributed by atoms with Crippen molar-refractivity contribution in [3.8, 4) is 0 Å². The van der Waals surface area contributed by atoms with E-state index in [0.29, 0.717) is 18.6 Å². The summed E-state index contributed by atoms with van der Waals surface area (Å²) in [6, 6.07) is 0. The Morgan fingerprint density at radius 2 is 2.04 bits per heavy atom. The van der Waals surface area contributed by atoms with Gasteiger partial charge in [-0.1, -0.05) is 6.92 Å². The summed E-state index contributed by atoms with van der Waals surface area (Å²) < 4.78 is 29.0. The molecule has 0 aromatic carbocycles. The van der Waals surface area contributed by atoms with E-state index < -0.39 is 42.5 Å². The number of methoxy groups -OCH3 is 1. The van der Waals surface area contributed by atoms with Gasteiger partial charge in [-0.15, -0.1) is 0 Å². The molecule has 2 unspecified atom stereocenters. The number of hydrogen-bond acceptors (Lipinski definition) is 8. The summed E-state index contributed by atoms with van der Waals surface area (Å²) in [4.78, 5) is 36.6. The first-order chi connectivity index (χ1) is 13.2. The van der Waals surface area contributed by atoms with Gasteiger partial charge in [0, 0.05) is 18.9 Å². The van der Waals surface area contributed by atoms with Gasteiger partial charge in [0.1, 0.15) is 12.2 Å². The van der Waals surface area contributed by atoms with E-state index in [-0.39, 0.29) is 13.2 Å². The van der Waals surface area contributed by atoms with Crippen LogP contribution in [0.2, 0.25) is 0 Å². The molecule has 0 saturated carbocycles. The monoisotopic (exact) mass is 438 g/mol. The number of aromatic amines is 1. The lowest BCUT2D eigenvalue weighted by molar-refractivity contribution is -0.0787. The molecule has 1 aromatic rings. The topological polar surface area (TPSA) is 121 Å². The van der Waals surface area contributed by atoms with Crippen LogP contribution in [-0.2, 0) is 35.1 Å². The van der Waals surface area contributed by atoms with Crippen molar-refractivity contribution in [2.75, 3.05) is 26.9 Å². The van der Waals surface area contributed by atoms with Gasteiger partial charge >= 0.3 is 12.4 Å². The van der Waals surface area contributed by atoms with Crippen LogP contribution in [0.1, 0.15) is 32.1 Å². The number of hydrogen-bond donors (Lipinski definition) is 2. The van der Waals surface area contributed by atoms with Crippen LogP contribution in [0.5, 0.6) is 0 Å². The number of aromatic nitrogens is 2. The maximum atomic E-state index is 12.4. The fraction of sp³-hybridized carbons (Fsp3) is 0.750. The van der Waals surface area contributed by atoms with Crippen LogP contribution in [0.3, 0.4) is 0 Å². The molecule has 5 atom stereocenters. The van der Waals surface area contributed by atoms with Gasteiger partial charge in [0.05, 0.1) is 25.9 Å². The van der Waals surface area contributed by atoms with E-state index in [1.54, 1.807) is 13.8 Å². The smallest absolute Gasteiger partial charge is 0.330 e. The minimum absolute atomic E-state index is 0.190. The van der Waals surface area contributed by atoms with Gasteiger partial charge in [-0.2, -0.15) is 0 Å². The van der Waals surface area contributed by atoms with Crippen molar-refractivity contribution in [2.45, 2.75) is 51.7 Å². The summed E-state index contributed by atoms with van der Waals surface area (Å²) in [7, 11) is 1.53. The lowest BCUT2D eigenvalue weighted by atomic mass is 10.1. The maximum absolute atomic E-state index is 12.4. The van der Waals surface area contributed by atoms with Gasteiger partial charge in [0.2, 0.25) is 0 Å². The number of ether oxygens (including phenoxy) is 3. The minimum Gasteiger partial charge on any atom is -0.382 e. The Kier molecular flexibility index (Phi) is 8.53. The first kappa shape index (κ1) is 23.4. The van der Waals surface area contributed by atoms with Gasteiger partial charge in [-0.05, 0) is 32.1 Å². The molecule has 1 saturated heterocycles. The Morgan fingerprint density at radius 1 is 1.32 bits per heavy atom. The Hall–Kier alpha value is -0.910. The zero-order valence-electron chi connectivity index (χ0n) is 16.3. The fourth-order valence-corrected chi connectivity index (χ4v) is 4.52. The normalized spacial score (nSPS) is 27.0. The van der Waals surface area contributed by atoms with Gasteiger partial charge in [0.15, 0.2) is 6.23 Å². The van der Waals surface area contributed by atoms with Gasteiger partial charge < -0.3 is 23.6 Å². The summed E-state index contributed by atoms with van der Waals surface area (Å²) in [5.74, 6) is 0. The second-order valence-electron chi connectivity index (χ2n) is 6.24. The Labute approximate surface area is 168 Å². The van der Waals surface area contributed by atoms with E-state index >= 15 is 0 Å². The molecule has 1 aliphatic heterocycles. The van der Waals surface area contributed by atoms with Gasteiger partial charge in [0.25, 0.3) is 5.56 Å². The third-order valence-corrected chi connectivity index (χ3v) is 5.92. The molecule has 2 heterocycles. The highest BCUT2D eigenvalue weighted by Gasteiger charge is 2.49.